The Morgan fingerprint density at radius 2 is 2.10 bits per heavy atom. The maximum Gasteiger partial charge on any atom is 0.326 e. The molecule has 0 spiro atoms. The molecule has 114 valence electrons. The summed E-state index contributed by atoms with van der Waals surface area (Å²) in [6, 6.07) is 0.725. The third-order valence-corrected chi connectivity index (χ3v) is 4.91. The summed E-state index contributed by atoms with van der Waals surface area (Å²) in [5.41, 5.74) is 0. The highest BCUT2D eigenvalue weighted by Crippen LogP contribution is 2.40. The van der Waals surface area contributed by atoms with Crippen molar-refractivity contribution in [3.63, 3.8) is 0 Å². The number of aliphatic carboxylic acids is 1. The van der Waals surface area contributed by atoms with E-state index in [1.807, 2.05) is 0 Å². The summed E-state index contributed by atoms with van der Waals surface area (Å²) in [5, 5.41) is 13.6. The van der Waals surface area contributed by atoms with Crippen molar-refractivity contribution in [2.45, 2.75) is 57.2 Å². The van der Waals surface area contributed by atoms with Gasteiger partial charge in [0.25, 0.3) is 0 Å². The number of hydrogen-bond donors (Lipinski definition) is 1. The second-order valence-corrected chi connectivity index (χ2v) is 6.11. The van der Waals surface area contributed by atoms with Crippen LogP contribution in [0, 0.1) is 5.92 Å². The molecule has 1 aliphatic carbocycles. The normalized spacial score (nSPS) is 30.0. The molecule has 2 heterocycles. The molecule has 6 nitrogen and oxygen atoms in total. The average Bonchev–Trinajstić information content (AvgIpc) is 3.12. The summed E-state index contributed by atoms with van der Waals surface area (Å²) >= 11 is 0. The molecule has 1 aliphatic heterocycles. The van der Waals surface area contributed by atoms with E-state index in [9.17, 15) is 14.7 Å². The first kappa shape index (κ1) is 14.1. The highest BCUT2D eigenvalue weighted by molar-refractivity contribution is 5.86. The fourth-order valence-corrected chi connectivity index (χ4v) is 3.84. The van der Waals surface area contributed by atoms with Gasteiger partial charge < -0.3 is 10.0 Å². The Kier molecular flexibility index (Phi) is 3.69. The van der Waals surface area contributed by atoms with Gasteiger partial charge in [0.15, 0.2) is 0 Å². The third kappa shape index (κ3) is 2.43. The molecule has 2 aliphatic rings. The molecule has 1 aromatic rings. The number of carbonyl (C=O) groups excluding carboxylic acids is 1. The minimum Gasteiger partial charge on any atom is -0.480 e. The largest absolute Gasteiger partial charge is 0.480 e. The summed E-state index contributed by atoms with van der Waals surface area (Å²) in [6.45, 7) is 1.78. The zero-order valence-electron chi connectivity index (χ0n) is 12.2. The number of likely N-dealkylation sites (tertiary alicyclic amines) is 1. The van der Waals surface area contributed by atoms with Crippen LogP contribution in [0.1, 0.15) is 45.1 Å². The Hall–Kier alpha value is -1.85. The van der Waals surface area contributed by atoms with E-state index in [0.29, 0.717) is 12.3 Å². The monoisotopic (exact) mass is 291 g/mol. The minimum atomic E-state index is -0.884. The van der Waals surface area contributed by atoms with E-state index in [1.54, 1.807) is 35.0 Å². The lowest BCUT2D eigenvalue weighted by Gasteiger charge is -2.34. The second-order valence-electron chi connectivity index (χ2n) is 6.11. The Balaban J connectivity index is 1.86. The quantitative estimate of drug-likeness (QED) is 0.919. The smallest absolute Gasteiger partial charge is 0.326 e. The molecule has 3 rings (SSSR count). The third-order valence-electron chi connectivity index (χ3n) is 4.91. The molecule has 0 aromatic carbocycles. The van der Waals surface area contributed by atoms with Gasteiger partial charge in [-0.05, 0) is 38.2 Å². The summed E-state index contributed by atoms with van der Waals surface area (Å²) in [5.74, 6) is -0.667. The van der Waals surface area contributed by atoms with Gasteiger partial charge in [-0.1, -0.05) is 12.8 Å². The summed E-state index contributed by atoms with van der Waals surface area (Å²) in [7, 11) is 0. The van der Waals surface area contributed by atoms with Gasteiger partial charge in [0, 0.05) is 18.4 Å². The van der Waals surface area contributed by atoms with E-state index in [-0.39, 0.29) is 11.9 Å². The number of carboxylic acids is 1. The van der Waals surface area contributed by atoms with Crippen LogP contribution < -0.4 is 0 Å². The molecule has 21 heavy (non-hydrogen) atoms. The van der Waals surface area contributed by atoms with Gasteiger partial charge in [-0.15, -0.1) is 0 Å². The number of amides is 1. The molecule has 1 amide bonds. The van der Waals surface area contributed by atoms with E-state index < -0.39 is 18.1 Å². The first-order valence-electron chi connectivity index (χ1n) is 7.63. The number of hydrogen-bond acceptors (Lipinski definition) is 3. The first-order chi connectivity index (χ1) is 10.1. The molecule has 4 unspecified atom stereocenters. The van der Waals surface area contributed by atoms with Gasteiger partial charge in [0.1, 0.15) is 12.1 Å². The van der Waals surface area contributed by atoms with Crippen LogP contribution in [0.25, 0.3) is 0 Å². The van der Waals surface area contributed by atoms with Crippen LogP contribution in [0.3, 0.4) is 0 Å². The van der Waals surface area contributed by atoms with Crippen LogP contribution in [0.5, 0.6) is 0 Å². The van der Waals surface area contributed by atoms with Crippen molar-refractivity contribution in [3.05, 3.63) is 18.5 Å². The highest BCUT2D eigenvalue weighted by atomic mass is 16.4. The summed E-state index contributed by atoms with van der Waals surface area (Å²) < 4.78 is 1.59. The van der Waals surface area contributed by atoms with Crippen LogP contribution in [-0.2, 0) is 9.59 Å². The number of nitrogens with zero attached hydrogens (tertiary/aromatic N) is 3. The fraction of sp³-hybridized carbons (Fsp3) is 0.667. The highest BCUT2D eigenvalue weighted by Gasteiger charge is 2.48. The Morgan fingerprint density at radius 3 is 2.76 bits per heavy atom. The zero-order chi connectivity index (χ0) is 15.0. The van der Waals surface area contributed by atoms with Gasteiger partial charge >= 0.3 is 5.97 Å². The van der Waals surface area contributed by atoms with Gasteiger partial charge in [0.05, 0.1) is 0 Å². The molecule has 1 saturated heterocycles. The van der Waals surface area contributed by atoms with Gasteiger partial charge in [-0.25, -0.2) is 4.79 Å². The Labute approximate surface area is 123 Å². The lowest BCUT2D eigenvalue weighted by molar-refractivity contribution is -0.151. The van der Waals surface area contributed by atoms with Crippen molar-refractivity contribution < 1.29 is 14.7 Å². The molecule has 0 bridgehead atoms. The maximum absolute atomic E-state index is 12.8. The van der Waals surface area contributed by atoms with Crippen molar-refractivity contribution >= 4 is 11.9 Å². The topological polar surface area (TPSA) is 75.4 Å². The standard InChI is InChI=1S/C15H21N3O3/c1-10(17-8-4-7-16-17)14(19)18-12-6-3-2-5-11(12)9-13(18)15(20)21/h4,7-8,10-13H,2-3,5-6,9H2,1H3,(H,20,21). The zero-order valence-corrected chi connectivity index (χ0v) is 12.2. The van der Waals surface area contributed by atoms with Crippen LogP contribution >= 0.6 is 0 Å². The van der Waals surface area contributed by atoms with Crippen LogP contribution in [-0.4, -0.2) is 43.7 Å². The SMILES string of the molecule is CC(C(=O)N1C(C(=O)O)CC2CCCCC21)n1cccn1. The molecule has 1 N–H and O–H groups in total. The molecule has 2 fully saturated rings. The lowest BCUT2D eigenvalue weighted by Crippen LogP contribution is -2.48. The van der Waals surface area contributed by atoms with E-state index in [0.717, 1.165) is 25.7 Å². The van der Waals surface area contributed by atoms with Crippen molar-refractivity contribution in [1.29, 1.82) is 0 Å². The van der Waals surface area contributed by atoms with E-state index >= 15 is 0 Å². The summed E-state index contributed by atoms with van der Waals surface area (Å²) in [6.07, 6.45) is 8.15. The molecule has 4 atom stereocenters. The van der Waals surface area contributed by atoms with Crippen LogP contribution in [0.2, 0.25) is 0 Å². The van der Waals surface area contributed by atoms with Crippen LogP contribution in [0.4, 0.5) is 0 Å². The molecule has 1 saturated carbocycles. The predicted molar refractivity (Wildman–Crippen MR) is 75.6 cm³/mol. The van der Waals surface area contributed by atoms with Gasteiger partial charge in [0.2, 0.25) is 5.91 Å². The van der Waals surface area contributed by atoms with Gasteiger partial charge in [-0.2, -0.15) is 5.10 Å². The van der Waals surface area contributed by atoms with E-state index in [1.165, 1.54) is 0 Å². The van der Waals surface area contributed by atoms with Crippen LogP contribution in [0.15, 0.2) is 18.5 Å². The van der Waals surface area contributed by atoms with E-state index in [4.69, 9.17) is 0 Å². The Morgan fingerprint density at radius 1 is 1.33 bits per heavy atom. The fourth-order valence-electron chi connectivity index (χ4n) is 3.84. The van der Waals surface area contributed by atoms with E-state index in [2.05, 4.69) is 5.10 Å². The average molecular weight is 291 g/mol. The maximum atomic E-state index is 12.8. The molecule has 1 aromatic heterocycles. The molecule has 0 radical (unpaired) electrons. The molecular weight excluding hydrogens is 270 g/mol. The number of fused-ring (bicyclic) bond motifs is 1. The van der Waals surface area contributed by atoms with Gasteiger partial charge in [-0.3, -0.25) is 9.48 Å². The lowest BCUT2D eigenvalue weighted by atomic mass is 9.84. The first-order valence-corrected chi connectivity index (χ1v) is 7.63. The number of carbonyl (C=O) groups is 2. The van der Waals surface area contributed by atoms with Crippen molar-refractivity contribution in [2.75, 3.05) is 0 Å². The molecule has 6 heteroatoms. The number of carboxylic acid groups (broad SMARTS) is 1. The Bertz CT molecular complexity index is 528. The predicted octanol–water partition coefficient (Wildman–Crippen LogP) is 1.69. The summed E-state index contributed by atoms with van der Waals surface area (Å²) in [4.78, 5) is 26.0. The van der Waals surface area contributed by atoms with Crippen molar-refractivity contribution in [1.82, 2.24) is 14.7 Å². The van der Waals surface area contributed by atoms with Crippen molar-refractivity contribution in [3.8, 4) is 0 Å². The minimum absolute atomic E-state index is 0.0883. The number of rotatable bonds is 3. The second kappa shape index (κ2) is 5.50. The number of aromatic nitrogens is 2. The molecular formula is C15H21N3O3. The van der Waals surface area contributed by atoms with Crippen molar-refractivity contribution in [2.24, 2.45) is 5.92 Å².